The van der Waals surface area contributed by atoms with Crippen molar-refractivity contribution in [2.24, 2.45) is 33.5 Å². The number of phenols is 2. The fraction of sp³-hybridized carbons (Fsp3) is 0.750. The van der Waals surface area contributed by atoms with Gasteiger partial charge in [-0.25, -0.2) is 0 Å². The second kappa shape index (κ2) is 12.5. The first-order chi connectivity index (χ1) is 29.4. The lowest BCUT2D eigenvalue weighted by atomic mass is 9.33. The molecule has 0 aromatic heterocycles. The van der Waals surface area contributed by atoms with E-state index in [4.69, 9.17) is 18.9 Å². The minimum Gasteiger partial charge on any atom is -0.504 e. The molecule has 2 saturated heterocycles. The number of nitrogens with zero attached hydrogens (tertiary/aromatic N) is 1. The molecule has 12 aliphatic rings. The summed E-state index contributed by atoms with van der Waals surface area (Å²) in [5.41, 5.74) is 0.428. The Labute approximate surface area is 373 Å². The number of hydrogen-bond acceptors (Lipinski definition) is 10. The Morgan fingerprint density at radius 1 is 0.698 bits per heavy atom. The molecule has 5 N–H and O–H groups in total. The van der Waals surface area contributed by atoms with Crippen molar-refractivity contribution >= 4 is 5.91 Å². The first kappa shape index (κ1) is 42.5. The summed E-state index contributed by atoms with van der Waals surface area (Å²) >= 11 is 0. The maximum absolute atomic E-state index is 12.8. The summed E-state index contributed by atoms with van der Waals surface area (Å²) < 4.78 is 26.5. The van der Waals surface area contributed by atoms with Crippen LogP contribution in [0.4, 0.5) is 0 Å². The minimum atomic E-state index is -1.01. The van der Waals surface area contributed by atoms with E-state index in [1.54, 1.807) is 33.3 Å². The Hall–Kier alpha value is -3.09. The summed E-state index contributed by atoms with van der Waals surface area (Å²) in [5, 5.41) is 49.6. The maximum atomic E-state index is 12.8. The standard InChI is InChI=1S/C27H37NO5.C25H35NO4/c1-15(29)28-12-11-26-20-16-7-8-17(30)21(20)33-22(26)27(32-6)10-9-25(26,19(28)13-16)14-18(27)24(5,31)23(2,3)4;1-21(2,3)22(4,28)16-13-23-8-9-25(16,29-5)20-24(23)10-11-26-17(23)12-14-6-7-15(27)19(30-20)18(14)24/h7-8,18-19,22,30-31H,9-14H2,1-6H3;6-7,16-17,20,26-28H,8-13H2,1-5H3/t18-,19-,22-,24+,25-,26+,27-;16-,17-,20-,22+,23-,24+,25-/m11/s1. The number of amides is 1. The molecule has 8 fully saturated rings. The van der Waals surface area contributed by atoms with Crippen molar-refractivity contribution in [1.82, 2.24) is 10.2 Å². The quantitative estimate of drug-likeness (QED) is 0.221. The Morgan fingerprint density at radius 2 is 1.17 bits per heavy atom. The summed E-state index contributed by atoms with van der Waals surface area (Å²) in [6.07, 6.45) is 8.43. The molecule has 4 spiro atoms. The smallest absolute Gasteiger partial charge is 0.219 e. The number of methoxy groups -OCH3 is 2. The van der Waals surface area contributed by atoms with Crippen LogP contribution in [0.25, 0.3) is 0 Å². The van der Waals surface area contributed by atoms with E-state index in [-0.39, 0.29) is 80.0 Å². The number of rotatable bonds is 4. The van der Waals surface area contributed by atoms with E-state index in [1.165, 1.54) is 16.7 Å². The summed E-state index contributed by atoms with van der Waals surface area (Å²) in [5.74, 6) is 1.64. The molecule has 4 heterocycles. The predicted octanol–water partition coefficient (Wildman–Crippen LogP) is 6.84. The van der Waals surface area contributed by atoms with E-state index in [0.29, 0.717) is 24.1 Å². The molecule has 14 rings (SSSR count). The second-order valence-electron chi connectivity index (χ2n) is 24.4. The van der Waals surface area contributed by atoms with Crippen LogP contribution in [0.5, 0.6) is 23.0 Å². The van der Waals surface area contributed by atoms with Gasteiger partial charge >= 0.3 is 0 Å². The normalized spacial score (nSPS) is 43.3. The molecule has 8 aliphatic carbocycles. The van der Waals surface area contributed by atoms with E-state index < -0.39 is 22.4 Å². The highest BCUT2D eigenvalue weighted by molar-refractivity contribution is 5.75. The monoisotopic (exact) mass is 869 g/mol. The van der Waals surface area contributed by atoms with Gasteiger partial charge in [-0.2, -0.15) is 0 Å². The molecule has 4 aliphatic heterocycles. The molecule has 0 unspecified atom stereocenters. The summed E-state index contributed by atoms with van der Waals surface area (Å²) in [7, 11) is 3.56. The van der Waals surface area contributed by atoms with Crippen LogP contribution in [-0.4, -0.2) is 105 Å². The average molecular weight is 869 g/mol. The van der Waals surface area contributed by atoms with Crippen LogP contribution in [0.3, 0.4) is 0 Å². The zero-order chi connectivity index (χ0) is 45.1. The van der Waals surface area contributed by atoms with Crippen molar-refractivity contribution < 1.29 is 44.2 Å². The van der Waals surface area contributed by atoms with Gasteiger partial charge in [0.05, 0.1) is 11.2 Å². The number of ether oxygens (including phenoxy) is 4. The van der Waals surface area contributed by atoms with E-state index in [0.717, 1.165) is 76.3 Å². The zero-order valence-electron chi connectivity index (χ0n) is 39.5. The number of aromatic hydroxyl groups is 2. The van der Waals surface area contributed by atoms with Crippen molar-refractivity contribution in [1.29, 1.82) is 0 Å². The molecule has 2 aromatic rings. The lowest BCUT2D eigenvalue weighted by Gasteiger charge is -2.75. The lowest BCUT2D eigenvalue weighted by molar-refractivity contribution is -0.310. The zero-order valence-corrected chi connectivity index (χ0v) is 39.5. The SMILES string of the molecule is CO[C@]12CC[C@@]3(C[C@@H]1[C@](C)(O)C(C)(C)C)[C@H]1Cc4ccc(O)c5c4[C@@]3(CCN1)[C@H]2O5.CO[C@]12CC[C@@]3(C[C@@H]1[C@](C)(O)C(C)(C)C)[C@H]1Cc4ccc(O)c5c4[C@@]3(CCN1C(C)=O)[C@H]2O5. The minimum absolute atomic E-state index is 0.0160. The molecular weight excluding hydrogens is 797 g/mol. The van der Waals surface area contributed by atoms with Gasteiger partial charge in [-0.15, -0.1) is 0 Å². The van der Waals surface area contributed by atoms with Crippen LogP contribution in [0, 0.1) is 33.5 Å². The number of benzene rings is 2. The molecule has 11 nitrogen and oxygen atoms in total. The van der Waals surface area contributed by atoms with Crippen molar-refractivity contribution in [2.45, 2.75) is 184 Å². The van der Waals surface area contributed by atoms with Gasteiger partial charge < -0.3 is 49.6 Å². The van der Waals surface area contributed by atoms with Gasteiger partial charge in [0.2, 0.25) is 5.91 Å². The third-order valence-corrected chi connectivity index (χ3v) is 21.3. The van der Waals surface area contributed by atoms with Gasteiger partial charge in [-0.1, -0.05) is 53.7 Å². The van der Waals surface area contributed by atoms with E-state index in [1.807, 2.05) is 19.9 Å². The Bertz CT molecular complexity index is 2310. The topological polar surface area (TPSA) is 150 Å². The maximum Gasteiger partial charge on any atom is 0.219 e. The van der Waals surface area contributed by atoms with Gasteiger partial charge in [0.25, 0.3) is 0 Å². The average Bonchev–Trinajstić information content (AvgIpc) is 3.78. The number of aliphatic hydroxyl groups is 2. The largest absolute Gasteiger partial charge is 0.504 e. The van der Waals surface area contributed by atoms with E-state index in [2.05, 4.69) is 57.8 Å². The third kappa shape index (κ3) is 4.50. The lowest BCUT2D eigenvalue weighted by Crippen LogP contribution is -2.83. The van der Waals surface area contributed by atoms with Crippen molar-refractivity contribution in [2.75, 3.05) is 27.3 Å². The van der Waals surface area contributed by atoms with Gasteiger partial charge in [0, 0.05) is 84.4 Å². The van der Waals surface area contributed by atoms with Gasteiger partial charge in [0.15, 0.2) is 23.0 Å². The molecule has 2 aromatic carbocycles. The predicted molar refractivity (Wildman–Crippen MR) is 237 cm³/mol. The number of likely N-dealkylation sites (tertiary alicyclic amines) is 1. The first-order valence-electron chi connectivity index (χ1n) is 24.0. The summed E-state index contributed by atoms with van der Waals surface area (Å²) in [6.45, 7) is 19.9. The van der Waals surface area contributed by atoms with Gasteiger partial charge in [-0.3, -0.25) is 4.79 Å². The molecule has 14 atom stereocenters. The van der Waals surface area contributed by atoms with Gasteiger partial charge in [-0.05, 0) is 119 Å². The van der Waals surface area contributed by atoms with Crippen molar-refractivity contribution in [3.63, 3.8) is 0 Å². The van der Waals surface area contributed by atoms with Crippen LogP contribution in [0.2, 0.25) is 0 Å². The number of piperidine rings is 2. The molecule has 11 heteroatoms. The Morgan fingerprint density at radius 3 is 1.67 bits per heavy atom. The molecule has 1 amide bonds. The van der Waals surface area contributed by atoms with Crippen LogP contribution < -0.4 is 14.8 Å². The molecular formula is C52H72N2O9. The Balaban J connectivity index is 0.000000142. The highest BCUT2D eigenvalue weighted by Gasteiger charge is 2.84. The Kier molecular flexibility index (Phi) is 8.41. The van der Waals surface area contributed by atoms with Crippen LogP contribution in [-0.2, 0) is 37.9 Å². The fourth-order valence-corrected chi connectivity index (χ4v) is 17.5. The third-order valence-electron chi connectivity index (χ3n) is 21.3. The molecule has 6 saturated carbocycles. The number of carbonyl (C=O) groups is 1. The number of phenolic OH excluding ortho intramolecular Hbond substituents is 2. The van der Waals surface area contributed by atoms with E-state index in [9.17, 15) is 25.2 Å². The highest BCUT2D eigenvalue weighted by atomic mass is 16.6. The number of fused-ring (bicyclic) bond motifs is 4. The number of nitrogens with one attached hydrogen (secondary N) is 1. The fourth-order valence-electron chi connectivity index (χ4n) is 17.5. The van der Waals surface area contributed by atoms with Gasteiger partial charge in [0.1, 0.15) is 23.4 Å². The van der Waals surface area contributed by atoms with Crippen LogP contribution >= 0.6 is 0 Å². The van der Waals surface area contributed by atoms with Crippen molar-refractivity contribution in [3.05, 3.63) is 46.5 Å². The second-order valence-corrected chi connectivity index (χ2v) is 24.4. The molecule has 0 radical (unpaired) electrons. The molecule has 63 heavy (non-hydrogen) atoms. The molecule has 344 valence electrons. The summed E-state index contributed by atoms with van der Waals surface area (Å²) in [6, 6.07) is 8.08. The number of carbonyl (C=O) groups excluding carboxylic acids is 1. The summed E-state index contributed by atoms with van der Waals surface area (Å²) in [4.78, 5) is 14.9. The first-order valence-corrected chi connectivity index (χ1v) is 24.0. The highest BCUT2D eigenvalue weighted by Crippen LogP contribution is 2.79. The van der Waals surface area contributed by atoms with E-state index >= 15 is 0 Å². The van der Waals surface area contributed by atoms with Crippen LogP contribution in [0.15, 0.2) is 24.3 Å². The van der Waals surface area contributed by atoms with Crippen molar-refractivity contribution in [3.8, 4) is 23.0 Å². The van der Waals surface area contributed by atoms with Crippen LogP contribution in [0.1, 0.15) is 136 Å². The number of hydrogen-bond donors (Lipinski definition) is 5. The molecule has 8 bridgehead atoms.